The first-order valence-corrected chi connectivity index (χ1v) is 11.8. The molecule has 0 unspecified atom stereocenters. The average Bonchev–Trinajstić information content (AvgIpc) is 3.41. The second kappa shape index (κ2) is 9.29. The SMILES string of the molecule is CC(C)NCCCn1c(Sc2cc3c(cc2-c2ccccc2)OCO3)nc2c(N)ncnc21. The molecule has 4 aromatic rings. The van der Waals surface area contributed by atoms with Gasteiger partial charge in [0.2, 0.25) is 6.79 Å². The van der Waals surface area contributed by atoms with Crippen LogP contribution < -0.4 is 20.5 Å². The highest BCUT2D eigenvalue weighted by Crippen LogP contribution is 2.44. The van der Waals surface area contributed by atoms with Crippen LogP contribution in [0, 0.1) is 0 Å². The monoisotopic (exact) mass is 462 g/mol. The molecule has 0 fully saturated rings. The molecule has 3 heterocycles. The third-order valence-corrected chi connectivity index (χ3v) is 6.45. The number of benzene rings is 2. The summed E-state index contributed by atoms with van der Waals surface area (Å²) in [7, 11) is 0. The van der Waals surface area contributed by atoms with Gasteiger partial charge in [-0.2, -0.15) is 0 Å². The van der Waals surface area contributed by atoms with Crippen LogP contribution >= 0.6 is 11.8 Å². The number of rotatable bonds is 8. The Morgan fingerprint density at radius 3 is 2.70 bits per heavy atom. The molecule has 170 valence electrons. The number of hydrogen-bond acceptors (Lipinski definition) is 8. The zero-order chi connectivity index (χ0) is 22.8. The van der Waals surface area contributed by atoms with Crippen LogP contribution in [-0.4, -0.2) is 38.9 Å². The van der Waals surface area contributed by atoms with Gasteiger partial charge in [0.05, 0.1) is 0 Å². The molecule has 33 heavy (non-hydrogen) atoms. The van der Waals surface area contributed by atoms with Gasteiger partial charge in [-0.25, -0.2) is 15.0 Å². The predicted molar refractivity (Wildman–Crippen MR) is 130 cm³/mol. The number of imidazole rings is 1. The quantitative estimate of drug-likeness (QED) is 0.373. The lowest BCUT2D eigenvalue weighted by Crippen LogP contribution is -2.24. The van der Waals surface area contributed by atoms with E-state index < -0.39 is 0 Å². The number of nitrogens with two attached hydrogens (primary N) is 1. The topological polar surface area (TPSA) is 100 Å². The summed E-state index contributed by atoms with van der Waals surface area (Å²) in [6, 6.07) is 14.7. The smallest absolute Gasteiger partial charge is 0.231 e. The molecule has 0 radical (unpaired) electrons. The number of nitrogen functional groups attached to an aromatic ring is 1. The van der Waals surface area contributed by atoms with Gasteiger partial charge in [-0.05, 0) is 36.2 Å². The molecule has 0 amide bonds. The molecule has 0 bridgehead atoms. The van der Waals surface area contributed by atoms with Gasteiger partial charge in [0, 0.05) is 17.5 Å². The lowest BCUT2D eigenvalue weighted by molar-refractivity contribution is 0.174. The molecule has 1 aliphatic rings. The maximum absolute atomic E-state index is 6.14. The summed E-state index contributed by atoms with van der Waals surface area (Å²) in [5.74, 6) is 1.87. The number of hydrogen-bond donors (Lipinski definition) is 2. The Balaban J connectivity index is 1.55. The molecule has 1 aliphatic heterocycles. The summed E-state index contributed by atoms with van der Waals surface area (Å²) in [5, 5.41) is 4.28. The van der Waals surface area contributed by atoms with Crippen LogP contribution in [-0.2, 0) is 6.54 Å². The van der Waals surface area contributed by atoms with Crippen LogP contribution in [0.25, 0.3) is 22.3 Å². The third-order valence-electron chi connectivity index (χ3n) is 5.40. The molecule has 0 spiro atoms. The van der Waals surface area contributed by atoms with Gasteiger partial charge in [0.1, 0.15) is 6.33 Å². The van der Waals surface area contributed by atoms with Crippen molar-refractivity contribution in [3.05, 3.63) is 48.8 Å². The van der Waals surface area contributed by atoms with Crippen LogP contribution in [0.15, 0.2) is 58.8 Å². The van der Waals surface area contributed by atoms with Crippen molar-refractivity contribution in [1.29, 1.82) is 0 Å². The van der Waals surface area contributed by atoms with Gasteiger partial charge in [0.25, 0.3) is 0 Å². The molecule has 0 atom stereocenters. The second-order valence-corrected chi connectivity index (χ2v) is 9.12. The Kier molecular flexibility index (Phi) is 6.06. The Hall–Kier alpha value is -3.30. The highest BCUT2D eigenvalue weighted by Gasteiger charge is 2.22. The first-order valence-electron chi connectivity index (χ1n) is 11.0. The zero-order valence-electron chi connectivity index (χ0n) is 18.6. The Morgan fingerprint density at radius 1 is 1.12 bits per heavy atom. The van der Waals surface area contributed by atoms with Gasteiger partial charge in [-0.15, -0.1) is 0 Å². The molecule has 2 aromatic carbocycles. The molecule has 9 heteroatoms. The van der Waals surface area contributed by atoms with Crippen molar-refractivity contribution in [2.75, 3.05) is 19.1 Å². The van der Waals surface area contributed by atoms with Gasteiger partial charge in [-0.1, -0.05) is 55.9 Å². The van der Waals surface area contributed by atoms with Crippen molar-refractivity contribution >= 4 is 28.7 Å². The van der Waals surface area contributed by atoms with Gasteiger partial charge >= 0.3 is 0 Å². The van der Waals surface area contributed by atoms with Crippen molar-refractivity contribution in [1.82, 2.24) is 24.8 Å². The standard InChI is InChI=1S/C24H26N6O2S/c1-15(2)26-9-6-10-30-23-21(22(25)27-13-28-23)29-24(30)33-20-12-19-18(31-14-32-19)11-17(20)16-7-4-3-5-8-16/h3-5,7-8,11-13,15,26H,6,9-10,14H2,1-2H3,(H2,25,27,28). The van der Waals surface area contributed by atoms with E-state index in [1.165, 1.54) is 6.33 Å². The fourth-order valence-electron chi connectivity index (χ4n) is 3.79. The first-order chi connectivity index (χ1) is 16.1. The van der Waals surface area contributed by atoms with Crippen LogP contribution in [0.5, 0.6) is 11.5 Å². The Bertz CT molecular complexity index is 1280. The molecule has 3 N–H and O–H groups in total. The largest absolute Gasteiger partial charge is 0.454 e. The maximum Gasteiger partial charge on any atom is 0.231 e. The molecule has 5 rings (SSSR count). The lowest BCUT2D eigenvalue weighted by Gasteiger charge is -2.13. The number of ether oxygens (including phenoxy) is 2. The van der Waals surface area contributed by atoms with E-state index in [4.69, 9.17) is 20.2 Å². The molecule has 0 aliphatic carbocycles. The minimum Gasteiger partial charge on any atom is -0.454 e. The van der Waals surface area contributed by atoms with E-state index in [2.05, 4.69) is 45.8 Å². The Labute approximate surface area is 196 Å². The van der Waals surface area contributed by atoms with Crippen molar-refractivity contribution in [3.8, 4) is 22.6 Å². The molecule has 8 nitrogen and oxygen atoms in total. The number of aryl methyl sites for hydroxylation is 1. The van der Waals surface area contributed by atoms with E-state index in [1.807, 2.05) is 30.3 Å². The zero-order valence-corrected chi connectivity index (χ0v) is 19.4. The normalized spacial score (nSPS) is 12.7. The van der Waals surface area contributed by atoms with E-state index in [-0.39, 0.29) is 6.79 Å². The fourth-order valence-corrected chi connectivity index (χ4v) is 4.87. The van der Waals surface area contributed by atoms with Crippen LogP contribution in [0.3, 0.4) is 0 Å². The molecular formula is C24H26N6O2S. The van der Waals surface area contributed by atoms with Crippen molar-refractivity contribution in [3.63, 3.8) is 0 Å². The number of nitrogens with one attached hydrogen (secondary N) is 1. The second-order valence-electron chi connectivity index (χ2n) is 8.11. The van der Waals surface area contributed by atoms with Crippen molar-refractivity contribution in [2.45, 2.75) is 42.9 Å². The third kappa shape index (κ3) is 4.46. The van der Waals surface area contributed by atoms with Crippen LogP contribution in [0.2, 0.25) is 0 Å². The maximum atomic E-state index is 6.14. The minimum absolute atomic E-state index is 0.227. The summed E-state index contributed by atoms with van der Waals surface area (Å²) in [6.45, 7) is 6.19. The number of fused-ring (bicyclic) bond motifs is 2. The molecule has 0 saturated heterocycles. The Morgan fingerprint density at radius 2 is 1.91 bits per heavy atom. The minimum atomic E-state index is 0.227. The lowest BCUT2D eigenvalue weighted by atomic mass is 10.1. The van der Waals surface area contributed by atoms with Gasteiger partial charge in [0.15, 0.2) is 33.6 Å². The number of aromatic nitrogens is 4. The molecular weight excluding hydrogens is 436 g/mol. The molecule has 2 aromatic heterocycles. The van der Waals surface area contributed by atoms with Crippen molar-refractivity contribution < 1.29 is 9.47 Å². The number of nitrogens with zero attached hydrogens (tertiary/aromatic N) is 4. The first kappa shape index (κ1) is 21.5. The highest BCUT2D eigenvalue weighted by molar-refractivity contribution is 7.99. The summed E-state index contributed by atoms with van der Waals surface area (Å²) >= 11 is 1.57. The van der Waals surface area contributed by atoms with Gasteiger partial charge in [-0.3, -0.25) is 0 Å². The van der Waals surface area contributed by atoms with E-state index in [0.29, 0.717) is 17.4 Å². The molecule has 0 saturated carbocycles. The van der Waals surface area contributed by atoms with Gasteiger partial charge < -0.3 is 25.1 Å². The van der Waals surface area contributed by atoms with E-state index >= 15 is 0 Å². The average molecular weight is 463 g/mol. The van der Waals surface area contributed by atoms with Crippen molar-refractivity contribution in [2.24, 2.45) is 0 Å². The summed E-state index contributed by atoms with van der Waals surface area (Å²) in [5.41, 5.74) is 9.66. The fraction of sp³-hybridized carbons (Fsp3) is 0.292. The van der Waals surface area contributed by atoms with Crippen LogP contribution in [0.4, 0.5) is 5.82 Å². The summed E-state index contributed by atoms with van der Waals surface area (Å²) in [4.78, 5) is 14.5. The predicted octanol–water partition coefficient (Wildman–Crippen LogP) is 4.34. The summed E-state index contributed by atoms with van der Waals surface area (Å²) in [6.07, 6.45) is 2.43. The highest BCUT2D eigenvalue weighted by atomic mass is 32.2. The summed E-state index contributed by atoms with van der Waals surface area (Å²) < 4.78 is 13.4. The number of anilines is 1. The van der Waals surface area contributed by atoms with E-state index in [1.54, 1.807) is 11.8 Å². The van der Waals surface area contributed by atoms with E-state index in [9.17, 15) is 0 Å². The van der Waals surface area contributed by atoms with E-state index in [0.717, 1.165) is 57.8 Å². The van der Waals surface area contributed by atoms with Crippen LogP contribution in [0.1, 0.15) is 20.3 Å².